The van der Waals surface area contributed by atoms with E-state index in [0.29, 0.717) is 5.56 Å². The van der Waals surface area contributed by atoms with E-state index < -0.39 is 12.1 Å². The number of aliphatic hydroxyl groups excluding tert-OH is 1. The van der Waals surface area contributed by atoms with E-state index in [-0.39, 0.29) is 30.1 Å². The van der Waals surface area contributed by atoms with Crippen LogP contribution in [0.3, 0.4) is 0 Å². The fourth-order valence-electron chi connectivity index (χ4n) is 1.64. The Bertz CT molecular complexity index is 413. The predicted octanol–water partition coefficient (Wildman–Crippen LogP) is 0.172. The monoisotopic (exact) mass is 210 g/mol. The van der Waals surface area contributed by atoms with Gasteiger partial charge in [0.2, 0.25) is 0 Å². The zero-order valence-corrected chi connectivity index (χ0v) is 7.80. The molecule has 80 valence electrons. The SMILES string of the molecule is O=C1O[C@H](CO)Cc2c(O)ccc(O)c21. The Labute approximate surface area is 85.5 Å². The van der Waals surface area contributed by atoms with Gasteiger partial charge in [-0.1, -0.05) is 0 Å². The molecule has 15 heavy (non-hydrogen) atoms. The quantitative estimate of drug-likeness (QED) is 0.454. The van der Waals surface area contributed by atoms with E-state index in [1.165, 1.54) is 12.1 Å². The van der Waals surface area contributed by atoms with Gasteiger partial charge in [-0.05, 0) is 12.1 Å². The maximum atomic E-state index is 11.4. The Kier molecular flexibility index (Phi) is 2.24. The van der Waals surface area contributed by atoms with Crippen LogP contribution in [-0.4, -0.2) is 34.0 Å². The van der Waals surface area contributed by atoms with Crippen LogP contribution in [0, 0.1) is 0 Å². The summed E-state index contributed by atoms with van der Waals surface area (Å²) in [5.41, 5.74) is 0.310. The fraction of sp³-hybridized carbons (Fsp3) is 0.300. The van der Waals surface area contributed by atoms with E-state index in [2.05, 4.69) is 0 Å². The first-order chi connectivity index (χ1) is 7.13. The molecule has 1 heterocycles. The molecule has 0 saturated carbocycles. The smallest absolute Gasteiger partial charge is 0.342 e. The van der Waals surface area contributed by atoms with Crippen LogP contribution < -0.4 is 0 Å². The summed E-state index contributed by atoms with van der Waals surface area (Å²) < 4.78 is 4.84. The first kappa shape index (κ1) is 9.79. The second-order valence-corrected chi connectivity index (χ2v) is 3.37. The van der Waals surface area contributed by atoms with Crippen molar-refractivity contribution in [1.29, 1.82) is 0 Å². The van der Waals surface area contributed by atoms with Crippen molar-refractivity contribution in [3.8, 4) is 11.5 Å². The number of rotatable bonds is 1. The van der Waals surface area contributed by atoms with Gasteiger partial charge in [-0.25, -0.2) is 4.79 Å². The van der Waals surface area contributed by atoms with Gasteiger partial charge in [-0.3, -0.25) is 0 Å². The van der Waals surface area contributed by atoms with E-state index in [1.807, 2.05) is 0 Å². The zero-order chi connectivity index (χ0) is 11.0. The number of fused-ring (bicyclic) bond motifs is 1. The van der Waals surface area contributed by atoms with Crippen molar-refractivity contribution in [2.45, 2.75) is 12.5 Å². The number of hydrogen-bond donors (Lipinski definition) is 3. The van der Waals surface area contributed by atoms with Crippen molar-refractivity contribution >= 4 is 5.97 Å². The van der Waals surface area contributed by atoms with E-state index >= 15 is 0 Å². The second-order valence-electron chi connectivity index (χ2n) is 3.37. The zero-order valence-electron chi connectivity index (χ0n) is 7.80. The highest BCUT2D eigenvalue weighted by molar-refractivity contribution is 5.96. The molecule has 1 aromatic carbocycles. The summed E-state index contributed by atoms with van der Waals surface area (Å²) in [6, 6.07) is 2.54. The second kappa shape index (κ2) is 3.43. The fourth-order valence-corrected chi connectivity index (χ4v) is 1.64. The number of carbonyl (C=O) groups is 1. The van der Waals surface area contributed by atoms with Crippen LogP contribution in [-0.2, 0) is 11.2 Å². The summed E-state index contributed by atoms with van der Waals surface area (Å²) >= 11 is 0. The lowest BCUT2D eigenvalue weighted by molar-refractivity contribution is 0.00866. The molecule has 3 N–H and O–H groups in total. The van der Waals surface area contributed by atoms with E-state index in [0.717, 1.165) is 0 Å². The molecule has 0 radical (unpaired) electrons. The van der Waals surface area contributed by atoms with Crippen molar-refractivity contribution in [2.75, 3.05) is 6.61 Å². The van der Waals surface area contributed by atoms with Gasteiger partial charge >= 0.3 is 5.97 Å². The summed E-state index contributed by atoms with van der Waals surface area (Å²) in [5, 5.41) is 27.8. The van der Waals surface area contributed by atoms with Crippen LogP contribution in [0.2, 0.25) is 0 Å². The Morgan fingerprint density at radius 3 is 2.67 bits per heavy atom. The van der Waals surface area contributed by atoms with Crippen molar-refractivity contribution < 1.29 is 24.9 Å². The van der Waals surface area contributed by atoms with Gasteiger partial charge < -0.3 is 20.1 Å². The molecular weight excluding hydrogens is 200 g/mol. The van der Waals surface area contributed by atoms with Gasteiger partial charge in [0, 0.05) is 12.0 Å². The molecule has 0 aliphatic carbocycles. The van der Waals surface area contributed by atoms with Gasteiger partial charge in [0.05, 0.1) is 6.61 Å². The van der Waals surface area contributed by atoms with Crippen LogP contribution in [0.5, 0.6) is 11.5 Å². The first-order valence-corrected chi connectivity index (χ1v) is 4.49. The molecular formula is C10H10O5. The molecule has 1 atom stereocenters. The number of esters is 1. The van der Waals surface area contributed by atoms with Crippen LogP contribution in [0.25, 0.3) is 0 Å². The number of ether oxygens (including phenoxy) is 1. The number of phenols is 2. The maximum Gasteiger partial charge on any atom is 0.342 e. The molecule has 5 nitrogen and oxygen atoms in total. The predicted molar refractivity (Wildman–Crippen MR) is 49.8 cm³/mol. The first-order valence-electron chi connectivity index (χ1n) is 4.49. The number of carbonyl (C=O) groups excluding carboxylic acids is 1. The Balaban J connectivity index is 2.53. The van der Waals surface area contributed by atoms with E-state index in [9.17, 15) is 15.0 Å². The molecule has 2 rings (SSSR count). The summed E-state index contributed by atoms with van der Waals surface area (Å²) in [6.45, 7) is -0.305. The third-order valence-electron chi connectivity index (χ3n) is 2.38. The highest BCUT2D eigenvalue weighted by Crippen LogP contribution is 2.34. The van der Waals surface area contributed by atoms with Crippen LogP contribution in [0.15, 0.2) is 12.1 Å². The summed E-state index contributed by atoms with van der Waals surface area (Å²) in [7, 11) is 0. The molecule has 0 unspecified atom stereocenters. The molecule has 1 aromatic rings. The van der Waals surface area contributed by atoms with Gasteiger partial charge in [0.25, 0.3) is 0 Å². The Morgan fingerprint density at radius 2 is 2.00 bits per heavy atom. The highest BCUT2D eigenvalue weighted by atomic mass is 16.6. The lowest BCUT2D eigenvalue weighted by atomic mass is 9.97. The van der Waals surface area contributed by atoms with Crippen LogP contribution in [0.4, 0.5) is 0 Å². The Hall–Kier alpha value is -1.75. The average molecular weight is 210 g/mol. The molecule has 0 aromatic heterocycles. The van der Waals surface area contributed by atoms with Crippen molar-refractivity contribution in [3.05, 3.63) is 23.3 Å². The average Bonchev–Trinajstić information content (AvgIpc) is 2.23. The molecule has 5 heteroatoms. The van der Waals surface area contributed by atoms with Gasteiger partial charge in [0.15, 0.2) is 0 Å². The maximum absolute atomic E-state index is 11.4. The van der Waals surface area contributed by atoms with Crippen LogP contribution in [0.1, 0.15) is 15.9 Å². The number of aliphatic hydroxyl groups is 1. The molecule has 0 bridgehead atoms. The van der Waals surface area contributed by atoms with Crippen molar-refractivity contribution in [1.82, 2.24) is 0 Å². The third-order valence-corrected chi connectivity index (χ3v) is 2.38. The standard InChI is InChI=1S/C10H10O5/c11-4-5-3-6-7(12)1-2-8(13)9(6)10(14)15-5/h1-2,5,11-13H,3-4H2/t5-/m0/s1. The highest BCUT2D eigenvalue weighted by Gasteiger charge is 2.30. The number of phenolic OH excluding ortho intramolecular Hbond substituents is 2. The summed E-state index contributed by atoms with van der Waals surface area (Å²) in [6.07, 6.45) is -0.449. The normalized spacial score (nSPS) is 19.5. The number of cyclic esters (lactones) is 1. The molecule has 1 aliphatic heterocycles. The Morgan fingerprint density at radius 1 is 1.33 bits per heavy atom. The molecule has 0 fully saturated rings. The number of aromatic hydroxyl groups is 2. The lowest BCUT2D eigenvalue weighted by Crippen LogP contribution is -2.30. The number of hydrogen-bond acceptors (Lipinski definition) is 5. The minimum atomic E-state index is -0.719. The summed E-state index contributed by atoms with van der Waals surface area (Å²) in [5.74, 6) is -1.01. The minimum absolute atomic E-state index is 0.0142. The molecule has 0 saturated heterocycles. The summed E-state index contributed by atoms with van der Waals surface area (Å²) in [4.78, 5) is 11.4. The topological polar surface area (TPSA) is 87.0 Å². The van der Waals surface area contributed by atoms with Gasteiger partial charge in [-0.15, -0.1) is 0 Å². The molecule has 1 aliphatic rings. The molecule has 0 amide bonds. The largest absolute Gasteiger partial charge is 0.508 e. The third kappa shape index (κ3) is 1.50. The molecule has 0 spiro atoms. The van der Waals surface area contributed by atoms with Crippen molar-refractivity contribution in [2.24, 2.45) is 0 Å². The van der Waals surface area contributed by atoms with E-state index in [4.69, 9.17) is 9.84 Å². The lowest BCUT2D eigenvalue weighted by Gasteiger charge is -2.24. The van der Waals surface area contributed by atoms with Crippen molar-refractivity contribution in [3.63, 3.8) is 0 Å². The van der Waals surface area contributed by atoms with E-state index in [1.54, 1.807) is 0 Å². The van der Waals surface area contributed by atoms with Gasteiger partial charge in [0.1, 0.15) is 23.2 Å². The van der Waals surface area contributed by atoms with Crippen LogP contribution >= 0.6 is 0 Å². The minimum Gasteiger partial charge on any atom is -0.508 e. The number of benzene rings is 1. The van der Waals surface area contributed by atoms with Gasteiger partial charge in [-0.2, -0.15) is 0 Å².